The summed E-state index contributed by atoms with van der Waals surface area (Å²) < 4.78 is 0. The van der Waals surface area contributed by atoms with Crippen LogP contribution in [0.3, 0.4) is 0 Å². The number of aryl methyl sites for hydroxylation is 1. The van der Waals surface area contributed by atoms with Gasteiger partial charge in [0.1, 0.15) is 11.3 Å². The summed E-state index contributed by atoms with van der Waals surface area (Å²) in [4.78, 5) is 24.6. The number of fused-ring (bicyclic) bond motifs is 1. The minimum atomic E-state index is -0.972. The molecule has 0 amide bonds. The van der Waals surface area contributed by atoms with Gasteiger partial charge in [0.05, 0.1) is 28.0 Å². The third kappa shape index (κ3) is 3.34. The highest BCUT2D eigenvalue weighted by Crippen LogP contribution is 2.45. The van der Waals surface area contributed by atoms with Crippen LogP contribution in [-0.2, 0) is 5.54 Å². The monoisotopic (exact) mass is 413 g/mol. The van der Waals surface area contributed by atoms with Crippen molar-refractivity contribution in [1.29, 1.82) is 0 Å². The molecule has 5 N–H and O–H groups in total. The van der Waals surface area contributed by atoms with E-state index in [1.165, 1.54) is 0 Å². The lowest BCUT2D eigenvalue weighted by Gasteiger charge is -2.15. The number of aromatic nitrogens is 3. The van der Waals surface area contributed by atoms with E-state index in [2.05, 4.69) is 17.2 Å². The standard InChI is InChI=1S/C21H23N5O2.ClH/c1-11-18(26-20(2)6-7-20)25-16-12(4-3-5-14(16)23-11)15-10-13(19(27)28)17(24-15)21(22)8-9-21;/h3-5,10,24H,6-9,22H2,1-2H3,(H,25,26)(H,27,28);1H. The Balaban J connectivity index is 0.00000205. The van der Waals surface area contributed by atoms with E-state index in [1.807, 2.05) is 25.1 Å². The largest absolute Gasteiger partial charge is 0.478 e. The second kappa shape index (κ2) is 6.43. The molecule has 0 aliphatic heterocycles. The van der Waals surface area contributed by atoms with Crippen molar-refractivity contribution in [3.05, 3.63) is 41.2 Å². The van der Waals surface area contributed by atoms with Gasteiger partial charge in [0, 0.05) is 16.8 Å². The highest BCUT2D eigenvalue weighted by Gasteiger charge is 2.44. The smallest absolute Gasteiger partial charge is 0.337 e. The maximum Gasteiger partial charge on any atom is 0.337 e. The summed E-state index contributed by atoms with van der Waals surface area (Å²) in [5.41, 5.74) is 10.6. The summed E-state index contributed by atoms with van der Waals surface area (Å²) in [5.74, 6) is -0.192. The molecule has 0 bridgehead atoms. The highest BCUT2D eigenvalue weighted by molar-refractivity contribution is 5.96. The van der Waals surface area contributed by atoms with Crippen molar-refractivity contribution in [3.8, 4) is 11.3 Å². The van der Waals surface area contributed by atoms with Crippen LogP contribution in [0.15, 0.2) is 24.3 Å². The third-order valence-electron chi connectivity index (χ3n) is 5.91. The SMILES string of the molecule is Cc1nc2cccc(-c3cc(C(=O)O)c(C4(N)CC4)[nH]3)c2nc1NC1(C)CC1.Cl. The van der Waals surface area contributed by atoms with Gasteiger partial charge in [0.15, 0.2) is 0 Å². The van der Waals surface area contributed by atoms with E-state index in [0.29, 0.717) is 11.4 Å². The molecule has 1 aromatic carbocycles. The van der Waals surface area contributed by atoms with Gasteiger partial charge in [-0.2, -0.15) is 0 Å². The minimum Gasteiger partial charge on any atom is -0.478 e. The molecule has 2 aliphatic rings. The number of rotatable bonds is 5. The molecule has 5 rings (SSSR count). The zero-order valence-electron chi connectivity index (χ0n) is 16.4. The number of nitrogens with two attached hydrogens (primary N) is 1. The zero-order valence-corrected chi connectivity index (χ0v) is 17.2. The predicted octanol–water partition coefficient (Wildman–Crippen LogP) is 3.97. The van der Waals surface area contributed by atoms with Crippen molar-refractivity contribution in [2.75, 3.05) is 5.32 Å². The Hall–Kier alpha value is -2.64. The molecule has 152 valence electrons. The molecule has 0 saturated heterocycles. The van der Waals surface area contributed by atoms with Gasteiger partial charge in [-0.15, -0.1) is 12.4 Å². The number of halogens is 1. The number of para-hydroxylation sites is 1. The maximum absolute atomic E-state index is 11.8. The molecule has 0 spiro atoms. The number of hydrogen-bond acceptors (Lipinski definition) is 5. The van der Waals surface area contributed by atoms with E-state index >= 15 is 0 Å². The van der Waals surface area contributed by atoms with E-state index in [0.717, 1.165) is 53.8 Å². The van der Waals surface area contributed by atoms with E-state index < -0.39 is 11.5 Å². The van der Waals surface area contributed by atoms with Crippen molar-refractivity contribution in [2.45, 2.75) is 50.6 Å². The second-order valence-electron chi connectivity index (χ2n) is 8.45. The molecule has 2 heterocycles. The van der Waals surface area contributed by atoms with Crippen LogP contribution in [-0.4, -0.2) is 31.6 Å². The molecule has 3 aromatic rings. The Bertz CT molecular complexity index is 1130. The fourth-order valence-corrected chi connectivity index (χ4v) is 3.65. The summed E-state index contributed by atoms with van der Waals surface area (Å²) in [5, 5.41) is 13.1. The molecule has 2 fully saturated rings. The Labute approximate surface area is 174 Å². The van der Waals surface area contributed by atoms with Gasteiger partial charge >= 0.3 is 5.97 Å². The van der Waals surface area contributed by atoms with Gasteiger partial charge in [0.25, 0.3) is 0 Å². The number of anilines is 1. The number of nitrogens with zero attached hydrogens (tertiary/aromatic N) is 2. The van der Waals surface area contributed by atoms with Crippen LogP contribution < -0.4 is 11.1 Å². The first kappa shape index (κ1) is 19.7. The average molecular weight is 414 g/mol. The Morgan fingerprint density at radius 3 is 2.59 bits per heavy atom. The fourth-order valence-electron chi connectivity index (χ4n) is 3.65. The Kier molecular flexibility index (Phi) is 4.36. The van der Waals surface area contributed by atoms with Gasteiger partial charge in [-0.05, 0) is 51.7 Å². The normalized spacial score (nSPS) is 18.2. The van der Waals surface area contributed by atoms with Crippen LogP contribution in [0.2, 0.25) is 0 Å². The van der Waals surface area contributed by atoms with Gasteiger partial charge in [-0.25, -0.2) is 14.8 Å². The number of H-pyrrole nitrogens is 1. The summed E-state index contributed by atoms with van der Waals surface area (Å²) >= 11 is 0. The minimum absolute atomic E-state index is 0. The number of carboxylic acids is 1. The lowest BCUT2D eigenvalue weighted by molar-refractivity contribution is 0.0695. The molecule has 2 saturated carbocycles. The first-order valence-electron chi connectivity index (χ1n) is 9.60. The van der Waals surface area contributed by atoms with E-state index in [-0.39, 0.29) is 23.5 Å². The third-order valence-corrected chi connectivity index (χ3v) is 5.91. The lowest BCUT2D eigenvalue weighted by atomic mass is 10.1. The number of carboxylic acid groups (broad SMARTS) is 1. The molecule has 0 unspecified atom stereocenters. The van der Waals surface area contributed by atoms with Crippen LogP contribution in [0, 0.1) is 6.92 Å². The molecule has 8 heteroatoms. The topological polar surface area (TPSA) is 117 Å². The van der Waals surface area contributed by atoms with Crippen LogP contribution in [0.4, 0.5) is 5.82 Å². The van der Waals surface area contributed by atoms with Gasteiger partial charge in [0.2, 0.25) is 0 Å². The molecule has 2 aliphatic carbocycles. The maximum atomic E-state index is 11.8. The average Bonchev–Trinajstić information content (AvgIpc) is 3.52. The summed E-state index contributed by atoms with van der Waals surface area (Å²) in [6.45, 7) is 4.13. The first-order chi connectivity index (χ1) is 13.3. The van der Waals surface area contributed by atoms with Crippen molar-refractivity contribution in [3.63, 3.8) is 0 Å². The van der Waals surface area contributed by atoms with E-state index in [1.54, 1.807) is 6.07 Å². The molecule has 7 nitrogen and oxygen atoms in total. The number of aromatic amines is 1. The van der Waals surface area contributed by atoms with Gasteiger partial charge in [-0.1, -0.05) is 12.1 Å². The number of aromatic carboxylic acids is 1. The van der Waals surface area contributed by atoms with Gasteiger partial charge < -0.3 is 21.1 Å². The van der Waals surface area contributed by atoms with Crippen LogP contribution in [0.25, 0.3) is 22.3 Å². The molecule has 0 radical (unpaired) electrons. The van der Waals surface area contributed by atoms with Crippen LogP contribution >= 0.6 is 12.4 Å². The molecule has 29 heavy (non-hydrogen) atoms. The molecule has 0 atom stereocenters. The lowest BCUT2D eigenvalue weighted by Crippen LogP contribution is -2.22. The van der Waals surface area contributed by atoms with Crippen molar-refractivity contribution < 1.29 is 9.90 Å². The van der Waals surface area contributed by atoms with Gasteiger partial charge in [-0.3, -0.25) is 0 Å². The predicted molar refractivity (Wildman–Crippen MR) is 115 cm³/mol. The van der Waals surface area contributed by atoms with Crippen LogP contribution in [0.5, 0.6) is 0 Å². The van der Waals surface area contributed by atoms with Crippen LogP contribution in [0.1, 0.15) is 54.4 Å². The van der Waals surface area contributed by atoms with E-state index in [9.17, 15) is 9.90 Å². The van der Waals surface area contributed by atoms with Crippen molar-refractivity contribution >= 4 is 35.2 Å². The zero-order chi connectivity index (χ0) is 19.7. The summed E-state index contributed by atoms with van der Waals surface area (Å²) in [6, 6.07) is 7.44. The first-order valence-corrected chi connectivity index (χ1v) is 9.60. The number of nitrogens with one attached hydrogen (secondary N) is 2. The molecule has 2 aromatic heterocycles. The summed E-state index contributed by atoms with van der Waals surface area (Å²) in [6.07, 6.45) is 3.81. The molecular formula is C21H24ClN5O2. The number of carbonyl (C=O) groups is 1. The highest BCUT2D eigenvalue weighted by atomic mass is 35.5. The fraction of sp³-hybridized carbons (Fsp3) is 0.381. The Morgan fingerprint density at radius 1 is 1.24 bits per heavy atom. The van der Waals surface area contributed by atoms with Crippen molar-refractivity contribution in [2.24, 2.45) is 5.73 Å². The quantitative estimate of drug-likeness (QED) is 0.502. The Morgan fingerprint density at radius 2 is 1.97 bits per heavy atom. The molecular weight excluding hydrogens is 390 g/mol. The summed E-state index contributed by atoms with van der Waals surface area (Å²) in [7, 11) is 0. The van der Waals surface area contributed by atoms with E-state index in [4.69, 9.17) is 15.7 Å². The van der Waals surface area contributed by atoms with Crippen molar-refractivity contribution in [1.82, 2.24) is 15.0 Å². The second-order valence-corrected chi connectivity index (χ2v) is 8.45. The number of benzene rings is 1. The number of hydrogen-bond donors (Lipinski definition) is 4.